The number of hydrogen-bond acceptors (Lipinski definition) is 4. The monoisotopic (exact) mass is 367 g/mol. The lowest BCUT2D eigenvalue weighted by atomic mass is 9.96. The average molecular weight is 367 g/mol. The molecule has 3 heterocycles. The highest BCUT2D eigenvalue weighted by Gasteiger charge is 2.30. The molecule has 0 aromatic carbocycles. The largest absolute Gasteiger partial charge is 0.350 e. The molecule has 2 aromatic heterocycles. The zero-order chi connectivity index (χ0) is 18.6. The van der Waals surface area contributed by atoms with Crippen LogP contribution >= 0.6 is 0 Å². The molecule has 1 saturated heterocycles. The van der Waals surface area contributed by atoms with Gasteiger partial charge in [-0.2, -0.15) is 5.10 Å². The molecular formula is C20H25N5O2. The van der Waals surface area contributed by atoms with Gasteiger partial charge in [0, 0.05) is 43.7 Å². The number of carbonyl (C=O) groups is 2. The number of aromatic amines is 1. The van der Waals surface area contributed by atoms with Crippen LogP contribution in [0.5, 0.6) is 0 Å². The lowest BCUT2D eigenvalue weighted by molar-refractivity contribution is -0.138. The third kappa shape index (κ3) is 4.53. The number of carbonyl (C=O) groups excluding carboxylic acids is 2. The fraction of sp³-hybridized carbons (Fsp3) is 0.500. The lowest BCUT2D eigenvalue weighted by Gasteiger charge is -2.31. The summed E-state index contributed by atoms with van der Waals surface area (Å²) in [7, 11) is 0. The molecule has 0 spiro atoms. The van der Waals surface area contributed by atoms with Crippen LogP contribution in [-0.2, 0) is 22.6 Å². The molecular weight excluding hydrogens is 342 g/mol. The zero-order valence-corrected chi connectivity index (χ0v) is 15.4. The molecule has 2 fully saturated rings. The van der Waals surface area contributed by atoms with Gasteiger partial charge in [0.2, 0.25) is 11.8 Å². The van der Waals surface area contributed by atoms with Gasteiger partial charge in [-0.15, -0.1) is 0 Å². The van der Waals surface area contributed by atoms with Gasteiger partial charge < -0.3 is 10.2 Å². The van der Waals surface area contributed by atoms with E-state index in [-0.39, 0.29) is 17.7 Å². The molecule has 2 aliphatic rings. The maximum atomic E-state index is 12.6. The van der Waals surface area contributed by atoms with Crippen molar-refractivity contribution < 1.29 is 9.59 Å². The Kier molecular flexibility index (Phi) is 5.18. The summed E-state index contributed by atoms with van der Waals surface area (Å²) in [6.07, 6.45) is 5.92. The van der Waals surface area contributed by atoms with Crippen LogP contribution in [0.1, 0.15) is 48.7 Å². The molecule has 1 unspecified atom stereocenters. The molecule has 27 heavy (non-hydrogen) atoms. The number of rotatable bonds is 7. The van der Waals surface area contributed by atoms with Gasteiger partial charge >= 0.3 is 0 Å². The smallest absolute Gasteiger partial charge is 0.225 e. The van der Waals surface area contributed by atoms with Crippen molar-refractivity contribution in [2.45, 2.75) is 44.6 Å². The van der Waals surface area contributed by atoms with E-state index in [2.05, 4.69) is 20.5 Å². The van der Waals surface area contributed by atoms with Gasteiger partial charge in [-0.05, 0) is 37.5 Å². The number of nitrogens with zero attached hydrogens (tertiary/aromatic N) is 3. The molecule has 1 saturated carbocycles. The van der Waals surface area contributed by atoms with E-state index in [1.807, 2.05) is 24.3 Å². The molecule has 1 aliphatic carbocycles. The van der Waals surface area contributed by atoms with Crippen molar-refractivity contribution in [3.63, 3.8) is 0 Å². The molecule has 1 aliphatic heterocycles. The number of nitrogens with one attached hydrogen (secondary N) is 2. The van der Waals surface area contributed by atoms with Gasteiger partial charge in [0.15, 0.2) is 0 Å². The van der Waals surface area contributed by atoms with Crippen molar-refractivity contribution in [1.29, 1.82) is 0 Å². The van der Waals surface area contributed by atoms with Crippen LogP contribution in [-0.4, -0.2) is 45.0 Å². The quantitative estimate of drug-likeness (QED) is 0.780. The van der Waals surface area contributed by atoms with Crippen molar-refractivity contribution >= 4 is 11.8 Å². The van der Waals surface area contributed by atoms with E-state index in [1.165, 1.54) is 12.8 Å². The Labute approximate surface area is 158 Å². The van der Waals surface area contributed by atoms with E-state index in [4.69, 9.17) is 0 Å². The summed E-state index contributed by atoms with van der Waals surface area (Å²) in [5.74, 6) is 0.575. The van der Waals surface area contributed by atoms with Crippen LogP contribution in [0.25, 0.3) is 0 Å². The molecule has 1 atom stereocenters. The van der Waals surface area contributed by atoms with Crippen molar-refractivity contribution in [3.05, 3.63) is 47.5 Å². The van der Waals surface area contributed by atoms with E-state index in [0.717, 1.165) is 17.1 Å². The van der Waals surface area contributed by atoms with Crippen molar-refractivity contribution in [2.24, 2.45) is 5.92 Å². The molecule has 2 aromatic rings. The summed E-state index contributed by atoms with van der Waals surface area (Å²) < 4.78 is 0. The minimum Gasteiger partial charge on any atom is -0.350 e. The summed E-state index contributed by atoms with van der Waals surface area (Å²) in [6.45, 7) is 1.54. The van der Waals surface area contributed by atoms with Crippen LogP contribution in [0.2, 0.25) is 0 Å². The molecule has 0 radical (unpaired) electrons. The molecule has 2 N–H and O–H groups in total. The predicted molar refractivity (Wildman–Crippen MR) is 99.7 cm³/mol. The first-order valence-corrected chi connectivity index (χ1v) is 9.68. The maximum Gasteiger partial charge on any atom is 0.225 e. The molecule has 142 valence electrons. The van der Waals surface area contributed by atoms with Gasteiger partial charge in [-0.25, -0.2) is 0 Å². The topological polar surface area (TPSA) is 91.0 Å². The Morgan fingerprint density at radius 3 is 2.96 bits per heavy atom. The molecule has 4 rings (SSSR count). The average Bonchev–Trinajstić information content (AvgIpc) is 3.44. The van der Waals surface area contributed by atoms with E-state index in [9.17, 15) is 9.59 Å². The number of hydrogen-bond donors (Lipinski definition) is 2. The highest BCUT2D eigenvalue weighted by atomic mass is 16.2. The zero-order valence-electron chi connectivity index (χ0n) is 15.4. The van der Waals surface area contributed by atoms with Gasteiger partial charge in [-0.1, -0.05) is 6.07 Å². The molecule has 7 nitrogen and oxygen atoms in total. The van der Waals surface area contributed by atoms with Gasteiger partial charge in [0.1, 0.15) is 0 Å². The van der Waals surface area contributed by atoms with Gasteiger partial charge in [0.25, 0.3) is 0 Å². The van der Waals surface area contributed by atoms with Crippen LogP contribution in [0.15, 0.2) is 30.5 Å². The second-order valence-corrected chi connectivity index (χ2v) is 7.46. The Bertz CT molecular complexity index is 800. The maximum absolute atomic E-state index is 12.6. The second-order valence-electron chi connectivity index (χ2n) is 7.46. The number of aromatic nitrogens is 3. The highest BCUT2D eigenvalue weighted by Crippen LogP contribution is 2.38. The molecule has 2 amide bonds. The Balaban J connectivity index is 1.27. The number of piperidine rings is 1. The SMILES string of the molecule is O=C(NCc1cc(C2CC2)n[nH]1)C1CCC(=O)N(CCc2ccccn2)C1. The summed E-state index contributed by atoms with van der Waals surface area (Å²) in [6, 6.07) is 7.82. The van der Waals surface area contributed by atoms with Crippen LogP contribution in [0.4, 0.5) is 0 Å². The summed E-state index contributed by atoms with van der Waals surface area (Å²) in [4.78, 5) is 30.8. The van der Waals surface area contributed by atoms with Gasteiger partial charge in [0.05, 0.1) is 23.9 Å². The first-order chi connectivity index (χ1) is 13.2. The third-order valence-electron chi connectivity index (χ3n) is 5.33. The fourth-order valence-corrected chi connectivity index (χ4v) is 3.53. The minimum absolute atomic E-state index is 0.00732. The number of H-pyrrole nitrogens is 1. The van der Waals surface area contributed by atoms with Crippen molar-refractivity contribution in [2.75, 3.05) is 13.1 Å². The van der Waals surface area contributed by atoms with Gasteiger partial charge in [-0.3, -0.25) is 19.7 Å². The lowest BCUT2D eigenvalue weighted by Crippen LogP contribution is -2.46. The Morgan fingerprint density at radius 1 is 1.30 bits per heavy atom. The summed E-state index contributed by atoms with van der Waals surface area (Å²) in [5, 5.41) is 10.3. The molecule has 7 heteroatoms. The van der Waals surface area contributed by atoms with E-state index in [1.54, 1.807) is 11.1 Å². The number of pyridine rings is 1. The first kappa shape index (κ1) is 17.7. The van der Waals surface area contributed by atoms with E-state index < -0.39 is 0 Å². The van der Waals surface area contributed by atoms with Crippen LogP contribution < -0.4 is 5.32 Å². The Morgan fingerprint density at radius 2 is 2.19 bits per heavy atom. The Hall–Kier alpha value is -2.70. The van der Waals surface area contributed by atoms with Crippen LogP contribution in [0.3, 0.4) is 0 Å². The van der Waals surface area contributed by atoms with Crippen molar-refractivity contribution in [3.8, 4) is 0 Å². The third-order valence-corrected chi connectivity index (χ3v) is 5.33. The van der Waals surface area contributed by atoms with E-state index in [0.29, 0.717) is 44.8 Å². The second kappa shape index (κ2) is 7.90. The summed E-state index contributed by atoms with van der Waals surface area (Å²) >= 11 is 0. The predicted octanol–water partition coefficient (Wildman–Crippen LogP) is 1.78. The van der Waals surface area contributed by atoms with E-state index >= 15 is 0 Å². The standard InChI is InChI=1S/C20H25N5O2/c26-19-7-6-15(13-25(19)10-8-16-3-1-2-9-21-16)20(27)22-12-17-11-18(24-23-17)14-4-5-14/h1-3,9,11,14-15H,4-8,10,12-13H2,(H,22,27)(H,23,24). The first-order valence-electron chi connectivity index (χ1n) is 9.68. The fourth-order valence-electron chi connectivity index (χ4n) is 3.53. The molecule has 0 bridgehead atoms. The number of likely N-dealkylation sites (tertiary alicyclic amines) is 1. The minimum atomic E-state index is -0.155. The highest BCUT2D eigenvalue weighted by molar-refractivity contribution is 5.83. The number of amides is 2. The summed E-state index contributed by atoms with van der Waals surface area (Å²) in [5.41, 5.74) is 3.00. The van der Waals surface area contributed by atoms with Crippen molar-refractivity contribution in [1.82, 2.24) is 25.4 Å². The van der Waals surface area contributed by atoms with Crippen LogP contribution in [0, 0.1) is 5.92 Å². The normalized spacial score (nSPS) is 19.9.